The van der Waals surface area contributed by atoms with E-state index in [0.29, 0.717) is 5.52 Å². The van der Waals surface area contributed by atoms with Crippen molar-refractivity contribution in [2.24, 2.45) is 0 Å². The van der Waals surface area contributed by atoms with E-state index < -0.39 is 49.3 Å². The first-order chi connectivity index (χ1) is 24.3. The first-order valence-corrected chi connectivity index (χ1v) is 20.8. The molecule has 3 atom stereocenters. The third-order valence-corrected chi connectivity index (χ3v) is 16.3. The van der Waals surface area contributed by atoms with Gasteiger partial charge in [0.15, 0.2) is 23.3 Å². The summed E-state index contributed by atoms with van der Waals surface area (Å²) in [4.78, 5) is 0. The van der Waals surface area contributed by atoms with E-state index in [9.17, 15) is 13.2 Å². The van der Waals surface area contributed by atoms with Crippen LogP contribution in [0.5, 0.6) is 0 Å². The molecule has 0 N–H and O–H groups in total. The lowest BCUT2D eigenvalue weighted by Gasteiger charge is -2.40. The highest BCUT2D eigenvalue weighted by molar-refractivity contribution is 6.83. The van der Waals surface area contributed by atoms with Gasteiger partial charge in [-0.1, -0.05) is 104 Å². The number of nitrogens with zero attached hydrogens (tertiary/aromatic N) is 1. The van der Waals surface area contributed by atoms with Crippen molar-refractivity contribution in [1.29, 1.82) is 0 Å². The van der Waals surface area contributed by atoms with E-state index in [-0.39, 0.29) is 16.7 Å². The summed E-state index contributed by atoms with van der Waals surface area (Å²) in [7, 11) is -2.45. The molecule has 266 valence electrons. The van der Waals surface area contributed by atoms with Gasteiger partial charge < -0.3 is 9.30 Å². The molecule has 0 aliphatic heterocycles. The van der Waals surface area contributed by atoms with Crippen LogP contribution < -0.4 is 0 Å². The van der Waals surface area contributed by atoms with Crippen molar-refractivity contribution >= 4 is 25.1 Å². The minimum absolute atomic E-state index is 0.0238. The van der Waals surface area contributed by atoms with Gasteiger partial charge in [-0.05, 0) is 74.0 Å². The fraction of sp³-hybridized carbons (Fsp3) is 0.349. The third-order valence-electron chi connectivity index (χ3n) is 11.0. The van der Waals surface area contributed by atoms with E-state index in [1.165, 1.54) is 16.7 Å². The van der Waals surface area contributed by atoms with E-state index in [2.05, 4.69) is 75.9 Å². The Hall–Kier alpha value is -4.01. The molecule has 4 aromatic carbocycles. The van der Waals surface area contributed by atoms with E-state index in [4.69, 9.17) is 4.74 Å². The van der Waals surface area contributed by atoms with Gasteiger partial charge in [0.05, 0.1) is 25.9 Å². The highest BCUT2D eigenvalue weighted by Gasteiger charge is 2.51. The molecule has 0 fully saturated rings. The van der Waals surface area contributed by atoms with E-state index in [0.717, 1.165) is 66.1 Å². The van der Waals surface area contributed by atoms with Gasteiger partial charge in [-0.15, -0.1) is 0 Å². The summed E-state index contributed by atoms with van der Waals surface area (Å²) < 4.78 is 81.5. The summed E-state index contributed by atoms with van der Waals surface area (Å²) in [6.07, 6.45) is 8.84. The summed E-state index contributed by atoms with van der Waals surface area (Å²) in [5.41, 5.74) is 7.58. The lowest BCUT2D eigenvalue weighted by atomic mass is 10.1. The SMILES string of the molecule is Cc1ccc2c(c1)c1c(n2Cc2c(F)c(F)c(F)c(F)c2F)-c2ccccc2C1[Si](C)(CCCCCCOC(C)(C)C)C1C=Cc2ccccc21. The fourth-order valence-electron chi connectivity index (χ4n) is 8.64. The summed E-state index contributed by atoms with van der Waals surface area (Å²) in [5.74, 6) is -9.59. The maximum Gasteiger partial charge on any atom is 0.200 e. The quantitative estimate of drug-likeness (QED) is 0.0437. The molecule has 51 heavy (non-hydrogen) atoms. The number of benzene rings is 4. The lowest BCUT2D eigenvalue weighted by Crippen LogP contribution is -2.44. The highest BCUT2D eigenvalue weighted by Crippen LogP contribution is 2.58. The van der Waals surface area contributed by atoms with Crippen LogP contribution >= 0.6 is 0 Å². The average molecular weight is 714 g/mol. The maximum absolute atomic E-state index is 15.3. The van der Waals surface area contributed by atoms with Gasteiger partial charge in [0.25, 0.3) is 0 Å². The molecule has 0 spiro atoms. The number of unbranched alkanes of at least 4 members (excludes halogenated alkanes) is 3. The number of rotatable bonds is 11. The number of aromatic nitrogens is 1. The molecule has 1 heterocycles. The van der Waals surface area contributed by atoms with Crippen LogP contribution in [0.15, 0.2) is 72.8 Å². The van der Waals surface area contributed by atoms with Crippen LogP contribution in [-0.4, -0.2) is 24.8 Å². The van der Waals surface area contributed by atoms with Gasteiger partial charge in [0.2, 0.25) is 5.82 Å². The predicted octanol–water partition coefficient (Wildman–Crippen LogP) is 12.1. The van der Waals surface area contributed by atoms with Crippen LogP contribution in [0.25, 0.3) is 28.2 Å². The minimum atomic E-state index is -2.45. The Balaban J connectivity index is 1.37. The summed E-state index contributed by atoms with van der Waals surface area (Å²) in [5, 5.41) is 0.961. The summed E-state index contributed by atoms with van der Waals surface area (Å²) in [6, 6.07) is 23.8. The zero-order chi connectivity index (χ0) is 36.2. The number of aryl methyl sites for hydroxylation is 1. The van der Waals surface area contributed by atoms with Crippen LogP contribution in [0.4, 0.5) is 22.0 Å². The number of ether oxygens (including phenoxy) is 1. The molecule has 0 saturated carbocycles. The van der Waals surface area contributed by atoms with Crippen LogP contribution in [0.3, 0.4) is 0 Å². The number of fused-ring (bicyclic) bond motifs is 6. The number of hydrogen-bond acceptors (Lipinski definition) is 1. The molecule has 8 heteroatoms. The highest BCUT2D eigenvalue weighted by atomic mass is 28.3. The van der Waals surface area contributed by atoms with Gasteiger partial charge in [0.1, 0.15) is 0 Å². The van der Waals surface area contributed by atoms with E-state index in [1.54, 1.807) is 4.57 Å². The first kappa shape index (κ1) is 35.4. The standard InChI is InChI=1S/C43H44F5NOSi/c1-26-18-20-33-31(24-26)35-41(49(33)25-32-36(44)38(46)40(48)39(47)37(32)45)29-16-10-11-17-30(29)42(35)51(5,23-13-7-6-12-22-50-43(2,3)4)34-21-19-27-14-8-9-15-28(27)34/h8-11,14-21,24,34,42H,6-7,12-13,22-23,25H2,1-5H3. The topological polar surface area (TPSA) is 14.2 Å². The molecule has 2 nitrogen and oxygen atoms in total. The Morgan fingerprint density at radius 3 is 2.14 bits per heavy atom. The molecule has 3 unspecified atom stereocenters. The summed E-state index contributed by atoms with van der Waals surface area (Å²) >= 11 is 0. The smallest absolute Gasteiger partial charge is 0.200 e. The van der Waals surface area contributed by atoms with Crippen LogP contribution in [-0.2, 0) is 11.3 Å². The van der Waals surface area contributed by atoms with Crippen molar-refractivity contribution in [2.75, 3.05) is 6.61 Å². The molecule has 2 aliphatic rings. The molecular weight excluding hydrogens is 670 g/mol. The molecule has 2 aliphatic carbocycles. The molecule has 0 amide bonds. The normalized spacial score (nSPS) is 17.5. The van der Waals surface area contributed by atoms with Crippen LogP contribution in [0.2, 0.25) is 12.6 Å². The van der Waals surface area contributed by atoms with Gasteiger partial charge >= 0.3 is 0 Å². The van der Waals surface area contributed by atoms with Crippen molar-refractivity contribution in [1.82, 2.24) is 4.57 Å². The minimum Gasteiger partial charge on any atom is -0.376 e. The largest absolute Gasteiger partial charge is 0.376 e. The number of allylic oxidation sites excluding steroid dienone is 1. The molecule has 5 aromatic rings. The van der Waals surface area contributed by atoms with Crippen molar-refractivity contribution in [2.45, 2.75) is 89.2 Å². The Bertz CT molecular complexity index is 2140. The van der Waals surface area contributed by atoms with Gasteiger partial charge in [0, 0.05) is 34.2 Å². The zero-order valence-electron chi connectivity index (χ0n) is 29.9. The summed E-state index contributed by atoms with van der Waals surface area (Å²) in [6.45, 7) is 11.0. The molecule has 0 saturated heterocycles. The number of halogens is 5. The predicted molar refractivity (Wildman–Crippen MR) is 198 cm³/mol. The Kier molecular flexibility index (Phi) is 9.38. The molecule has 1 aromatic heterocycles. The molecular formula is C43H44F5NOSi. The molecule has 0 bridgehead atoms. The van der Waals surface area contributed by atoms with Gasteiger partial charge in [-0.2, -0.15) is 0 Å². The monoisotopic (exact) mass is 713 g/mol. The van der Waals surface area contributed by atoms with Crippen molar-refractivity contribution in [3.05, 3.63) is 135 Å². The average Bonchev–Trinajstić information content (AvgIpc) is 3.78. The number of hydrogen-bond donors (Lipinski definition) is 0. The van der Waals surface area contributed by atoms with Gasteiger partial charge in [-0.3, -0.25) is 0 Å². The molecule has 7 rings (SSSR count). The maximum atomic E-state index is 15.3. The van der Waals surface area contributed by atoms with Crippen molar-refractivity contribution in [3.63, 3.8) is 0 Å². The van der Waals surface area contributed by atoms with E-state index >= 15 is 8.78 Å². The first-order valence-electron chi connectivity index (χ1n) is 17.9. The Morgan fingerprint density at radius 1 is 0.765 bits per heavy atom. The van der Waals surface area contributed by atoms with Crippen molar-refractivity contribution in [3.8, 4) is 11.3 Å². The second-order valence-corrected chi connectivity index (χ2v) is 20.2. The fourth-order valence-corrected chi connectivity index (χ4v) is 14.0. The second kappa shape index (κ2) is 13.5. The molecule has 0 radical (unpaired) electrons. The second-order valence-electron chi connectivity index (χ2n) is 15.5. The lowest BCUT2D eigenvalue weighted by molar-refractivity contribution is -0.00471. The van der Waals surface area contributed by atoms with Crippen LogP contribution in [0, 0.1) is 36.0 Å². The Labute approximate surface area is 298 Å². The van der Waals surface area contributed by atoms with E-state index in [1.807, 2.05) is 37.3 Å². The van der Waals surface area contributed by atoms with Crippen molar-refractivity contribution < 1.29 is 26.7 Å². The Morgan fingerprint density at radius 2 is 1.41 bits per heavy atom. The third kappa shape index (κ3) is 6.18. The zero-order valence-corrected chi connectivity index (χ0v) is 30.9. The van der Waals surface area contributed by atoms with Crippen LogP contribution in [0.1, 0.15) is 90.9 Å². The van der Waals surface area contributed by atoms with Gasteiger partial charge in [-0.25, -0.2) is 22.0 Å².